The fourth-order valence-electron chi connectivity index (χ4n) is 5.90. The molecule has 8 aromatic rings. The number of hydrogen-bond donors (Lipinski definition) is 0. The predicted molar refractivity (Wildman–Crippen MR) is 162 cm³/mol. The van der Waals surface area contributed by atoms with Gasteiger partial charge in [0.25, 0.3) is 0 Å². The van der Waals surface area contributed by atoms with Crippen molar-refractivity contribution in [1.82, 2.24) is 14.5 Å². The van der Waals surface area contributed by atoms with Gasteiger partial charge in [-0.1, -0.05) is 121 Å². The van der Waals surface area contributed by atoms with Crippen molar-refractivity contribution in [1.29, 1.82) is 0 Å². The molecule has 0 radical (unpaired) electrons. The molecule has 0 saturated carbocycles. The first kappa shape index (κ1) is 21.8. The van der Waals surface area contributed by atoms with Crippen molar-refractivity contribution in [3.63, 3.8) is 0 Å². The first-order valence-electron chi connectivity index (χ1n) is 13.2. The van der Waals surface area contributed by atoms with Gasteiger partial charge < -0.3 is 0 Å². The van der Waals surface area contributed by atoms with Crippen LogP contribution in [-0.2, 0) is 0 Å². The van der Waals surface area contributed by atoms with Gasteiger partial charge in [0.2, 0.25) is 5.95 Å². The zero-order valence-electron chi connectivity index (χ0n) is 21.1. The van der Waals surface area contributed by atoms with Crippen LogP contribution in [0.5, 0.6) is 0 Å². The van der Waals surface area contributed by atoms with Gasteiger partial charge in [0.15, 0.2) is 0 Å². The van der Waals surface area contributed by atoms with E-state index in [0.717, 1.165) is 33.2 Å². The Morgan fingerprint density at radius 1 is 0.436 bits per heavy atom. The molecule has 2 aromatic heterocycles. The predicted octanol–water partition coefficient (Wildman–Crippen LogP) is 9.21. The van der Waals surface area contributed by atoms with Gasteiger partial charge >= 0.3 is 0 Å². The molecule has 6 aromatic carbocycles. The van der Waals surface area contributed by atoms with E-state index in [1.54, 1.807) is 0 Å². The molecular weight excluding hydrogens is 474 g/mol. The third-order valence-corrected chi connectivity index (χ3v) is 7.62. The standard InChI is InChI=1S/C36H23N3/c1-2-12-24(13-3-1)26-19-10-14-25-15-11-20-30(34(25)26)35-29-18-4-7-21-31(29)37-36(38-35)39-32-22-8-5-16-27(32)28-17-6-9-23-33(28)39/h1-23H. The molecular formula is C36H23N3. The van der Waals surface area contributed by atoms with Crippen molar-refractivity contribution in [3.8, 4) is 28.3 Å². The van der Waals surface area contributed by atoms with E-state index in [2.05, 4.69) is 138 Å². The van der Waals surface area contributed by atoms with Gasteiger partial charge in [0.1, 0.15) is 0 Å². The maximum absolute atomic E-state index is 5.35. The van der Waals surface area contributed by atoms with Crippen LogP contribution >= 0.6 is 0 Å². The summed E-state index contributed by atoms with van der Waals surface area (Å²) >= 11 is 0. The van der Waals surface area contributed by atoms with E-state index in [-0.39, 0.29) is 0 Å². The molecule has 0 atom stereocenters. The fraction of sp³-hybridized carbons (Fsp3) is 0. The molecule has 0 fully saturated rings. The monoisotopic (exact) mass is 497 g/mol. The van der Waals surface area contributed by atoms with E-state index in [9.17, 15) is 0 Å². The summed E-state index contributed by atoms with van der Waals surface area (Å²) in [5.74, 6) is 0.676. The second kappa shape index (κ2) is 8.64. The third-order valence-electron chi connectivity index (χ3n) is 7.62. The highest BCUT2D eigenvalue weighted by Gasteiger charge is 2.18. The number of aromatic nitrogens is 3. The van der Waals surface area contributed by atoms with E-state index >= 15 is 0 Å². The van der Waals surface area contributed by atoms with Gasteiger partial charge in [0.05, 0.1) is 22.2 Å². The molecule has 0 bridgehead atoms. The molecule has 3 nitrogen and oxygen atoms in total. The van der Waals surface area contributed by atoms with Crippen LogP contribution in [0.3, 0.4) is 0 Å². The van der Waals surface area contributed by atoms with Crippen molar-refractivity contribution in [2.24, 2.45) is 0 Å². The summed E-state index contributed by atoms with van der Waals surface area (Å²) in [6.07, 6.45) is 0. The lowest BCUT2D eigenvalue weighted by molar-refractivity contribution is 1.01. The Bertz CT molecular complexity index is 2120. The van der Waals surface area contributed by atoms with Gasteiger partial charge in [-0.05, 0) is 40.1 Å². The zero-order chi connectivity index (χ0) is 25.8. The van der Waals surface area contributed by atoms with Crippen molar-refractivity contribution in [2.75, 3.05) is 0 Å². The number of nitrogens with zero attached hydrogens (tertiary/aromatic N) is 3. The molecule has 0 unspecified atom stereocenters. The summed E-state index contributed by atoms with van der Waals surface area (Å²) in [5, 5.41) is 5.82. The van der Waals surface area contributed by atoms with Crippen LogP contribution in [0.2, 0.25) is 0 Å². The molecule has 2 heterocycles. The van der Waals surface area contributed by atoms with Crippen LogP contribution in [0.15, 0.2) is 140 Å². The highest BCUT2D eigenvalue weighted by molar-refractivity contribution is 6.11. The Kier molecular flexibility index (Phi) is 4.82. The molecule has 0 aliphatic rings. The maximum Gasteiger partial charge on any atom is 0.235 e. The highest BCUT2D eigenvalue weighted by atomic mass is 15.2. The zero-order valence-corrected chi connectivity index (χ0v) is 21.1. The minimum Gasteiger partial charge on any atom is -0.278 e. The lowest BCUT2D eigenvalue weighted by Crippen LogP contribution is -2.03. The quantitative estimate of drug-likeness (QED) is 0.244. The average molecular weight is 498 g/mol. The van der Waals surface area contributed by atoms with Crippen LogP contribution in [0, 0.1) is 0 Å². The number of benzene rings is 6. The smallest absolute Gasteiger partial charge is 0.235 e. The Morgan fingerprint density at radius 3 is 1.74 bits per heavy atom. The summed E-state index contributed by atoms with van der Waals surface area (Å²) in [6, 6.07) is 48.9. The van der Waals surface area contributed by atoms with E-state index in [1.807, 2.05) is 6.07 Å². The largest absolute Gasteiger partial charge is 0.278 e. The molecule has 0 aliphatic carbocycles. The highest BCUT2D eigenvalue weighted by Crippen LogP contribution is 2.39. The topological polar surface area (TPSA) is 30.7 Å². The number of para-hydroxylation sites is 3. The summed E-state index contributed by atoms with van der Waals surface area (Å²) < 4.78 is 2.20. The normalized spacial score (nSPS) is 11.6. The summed E-state index contributed by atoms with van der Waals surface area (Å²) in [5.41, 5.74) is 7.56. The Balaban J connectivity index is 1.49. The summed E-state index contributed by atoms with van der Waals surface area (Å²) in [6.45, 7) is 0. The fourth-order valence-corrected chi connectivity index (χ4v) is 5.90. The minimum atomic E-state index is 0.676. The second-order valence-electron chi connectivity index (χ2n) is 9.83. The van der Waals surface area contributed by atoms with Gasteiger partial charge in [-0.15, -0.1) is 0 Å². The van der Waals surface area contributed by atoms with Crippen molar-refractivity contribution < 1.29 is 0 Å². The van der Waals surface area contributed by atoms with Crippen molar-refractivity contribution >= 4 is 43.5 Å². The number of fused-ring (bicyclic) bond motifs is 5. The SMILES string of the molecule is c1ccc(-c2cccc3cccc(-c4nc(-n5c6ccccc6c6ccccc65)nc5ccccc45)c23)cc1. The Labute approximate surface area is 225 Å². The van der Waals surface area contributed by atoms with E-state index in [4.69, 9.17) is 9.97 Å². The molecule has 8 rings (SSSR count). The minimum absolute atomic E-state index is 0.676. The van der Waals surface area contributed by atoms with Crippen molar-refractivity contribution in [2.45, 2.75) is 0 Å². The third kappa shape index (κ3) is 3.37. The molecule has 39 heavy (non-hydrogen) atoms. The first-order chi connectivity index (χ1) is 19.4. The molecule has 0 spiro atoms. The average Bonchev–Trinajstić information content (AvgIpc) is 3.35. The van der Waals surface area contributed by atoms with E-state index in [1.165, 1.54) is 32.7 Å². The second-order valence-corrected chi connectivity index (χ2v) is 9.83. The first-order valence-corrected chi connectivity index (χ1v) is 13.2. The van der Waals surface area contributed by atoms with E-state index in [0.29, 0.717) is 5.95 Å². The molecule has 0 N–H and O–H groups in total. The molecule has 3 heteroatoms. The molecule has 0 amide bonds. The molecule has 182 valence electrons. The van der Waals surface area contributed by atoms with Gasteiger partial charge in [0, 0.05) is 21.7 Å². The molecule has 0 saturated heterocycles. The van der Waals surface area contributed by atoms with Gasteiger partial charge in [-0.3, -0.25) is 4.57 Å². The molecule has 0 aliphatic heterocycles. The van der Waals surface area contributed by atoms with Crippen LogP contribution < -0.4 is 0 Å². The van der Waals surface area contributed by atoms with Gasteiger partial charge in [-0.2, -0.15) is 0 Å². The van der Waals surface area contributed by atoms with Gasteiger partial charge in [-0.25, -0.2) is 9.97 Å². The maximum atomic E-state index is 5.35. The van der Waals surface area contributed by atoms with Crippen LogP contribution in [0.4, 0.5) is 0 Å². The Morgan fingerprint density at radius 2 is 1.03 bits per heavy atom. The number of rotatable bonds is 3. The van der Waals surface area contributed by atoms with E-state index < -0.39 is 0 Å². The van der Waals surface area contributed by atoms with Crippen LogP contribution in [0.1, 0.15) is 0 Å². The lowest BCUT2D eigenvalue weighted by Gasteiger charge is -2.15. The summed E-state index contributed by atoms with van der Waals surface area (Å²) in [4.78, 5) is 10.5. The van der Waals surface area contributed by atoms with Crippen molar-refractivity contribution in [3.05, 3.63) is 140 Å². The lowest BCUT2D eigenvalue weighted by atomic mass is 9.92. The summed E-state index contributed by atoms with van der Waals surface area (Å²) in [7, 11) is 0. The number of hydrogen-bond acceptors (Lipinski definition) is 2. The Hall–Kier alpha value is -5.28. The van der Waals surface area contributed by atoms with Crippen LogP contribution in [-0.4, -0.2) is 14.5 Å². The van der Waals surface area contributed by atoms with Crippen LogP contribution in [0.25, 0.3) is 71.8 Å².